The minimum atomic E-state index is -0.489. The van der Waals surface area contributed by atoms with E-state index in [1.165, 1.54) is 6.07 Å². The highest BCUT2D eigenvalue weighted by molar-refractivity contribution is 5.90. The van der Waals surface area contributed by atoms with Gasteiger partial charge in [0.25, 0.3) is 0 Å². The van der Waals surface area contributed by atoms with E-state index in [4.69, 9.17) is 18.6 Å². The van der Waals surface area contributed by atoms with Crippen LogP contribution in [0.1, 0.15) is 40.9 Å². The van der Waals surface area contributed by atoms with E-state index in [-0.39, 0.29) is 6.61 Å². The van der Waals surface area contributed by atoms with Crippen molar-refractivity contribution in [2.45, 2.75) is 33.5 Å². The van der Waals surface area contributed by atoms with Crippen LogP contribution in [0.4, 0.5) is 0 Å². The molecule has 0 bridgehead atoms. The average Bonchev–Trinajstić information content (AvgIpc) is 2.74. The van der Waals surface area contributed by atoms with E-state index in [1.807, 2.05) is 32.0 Å². The lowest BCUT2D eigenvalue weighted by molar-refractivity contribution is 0.0473. The molecule has 3 rings (SSSR count). The fourth-order valence-electron chi connectivity index (χ4n) is 3.07. The highest BCUT2D eigenvalue weighted by Gasteiger charge is 2.14. The van der Waals surface area contributed by atoms with Gasteiger partial charge in [0, 0.05) is 29.2 Å². The minimum absolute atomic E-state index is 0.0285. The molecule has 0 amide bonds. The summed E-state index contributed by atoms with van der Waals surface area (Å²) in [4.78, 5) is 24.5. The largest absolute Gasteiger partial charge is 0.496 e. The van der Waals surface area contributed by atoms with Gasteiger partial charge in [-0.25, -0.2) is 9.59 Å². The summed E-state index contributed by atoms with van der Waals surface area (Å²) in [7, 11) is 1.57. The van der Waals surface area contributed by atoms with Crippen molar-refractivity contribution in [1.29, 1.82) is 0 Å². The smallest absolute Gasteiger partial charge is 0.338 e. The van der Waals surface area contributed by atoms with Crippen LogP contribution in [0.15, 0.2) is 51.7 Å². The molecule has 1 heterocycles. The van der Waals surface area contributed by atoms with Crippen molar-refractivity contribution >= 4 is 16.9 Å². The van der Waals surface area contributed by atoms with Crippen molar-refractivity contribution < 1.29 is 23.4 Å². The summed E-state index contributed by atoms with van der Waals surface area (Å²) in [6, 6.07) is 12.1. The molecule has 0 unspecified atom stereocenters. The first-order valence-corrected chi connectivity index (χ1v) is 9.53. The molecular weight excluding hydrogens is 372 g/mol. The van der Waals surface area contributed by atoms with Gasteiger partial charge in [0.2, 0.25) is 0 Å². The monoisotopic (exact) mass is 396 g/mol. The number of carbonyl (C=O) groups is 1. The van der Waals surface area contributed by atoms with E-state index in [0.29, 0.717) is 35.7 Å². The highest BCUT2D eigenvalue weighted by atomic mass is 16.5. The third kappa shape index (κ3) is 4.84. The first-order valence-electron chi connectivity index (χ1n) is 9.53. The van der Waals surface area contributed by atoms with Crippen LogP contribution in [0.5, 0.6) is 5.75 Å². The number of ether oxygens (including phenoxy) is 3. The van der Waals surface area contributed by atoms with Gasteiger partial charge in [-0.1, -0.05) is 19.1 Å². The molecule has 2 aromatic carbocycles. The Morgan fingerprint density at radius 3 is 2.55 bits per heavy atom. The second kappa shape index (κ2) is 9.39. The van der Waals surface area contributed by atoms with Crippen molar-refractivity contribution in [2.24, 2.45) is 0 Å². The number of fused-ring (bicyclic) bond motifs is 1. The van der Waals surface area contributed by atoms with Gasteiger partial charge in [0.1, 0.15) is 17.9 Å². The summed E-state index contributed by atoms with van der Waals surface area (Å²) in [5.74, 6) is 0.158. The Kier molecular flexibility index (Phi) is 6.67. The average molecular weight is 396 g/mol. The predicted molar refractivity (Wildman–Crippen MR) is 109 cm³/mol. The lowest BCUT2D eigenvalue weighted by atomic mass is 10.1. The molecule has 0 saturated carbocycles. The number of carbonyl (C=O) groups excluding carboxylic acids is 1. The van der Waals surface area contributed by atoms with Crippen LogP contribution in [-0.2, 0) is 29.1 Å². The Balaban J connectivity index is 1.81. The van der Waals surface area contributed by atoms with E-state index >= 15 is 0 Å². The fraction of sp³-hybridized carbons (Fsp3) is 0.304. The molecule has 6 nitrogen and oxygen atoms in total. The van der Waals surface area contributed by atoms with Crippen LogP contribution < -0.4 is 10.4 Å². The van der Waals surface area contributed by atoms with Gasteiger partial charge in [-0.3, -0.25) is 0 Å². The van der Waals surface area contributed by atoms with Crippen molar-refractivity contribution in [3.8, 4) is 5.75 Å². The minimum Gasteiger partial charge on any atom is -0.496 e. The van der Waals surface area contributed by atoms with Gasteiger partial charge in [0.05, 0.1) is 19.3 Å². The zero-order valence-corrected chi connectivity index (χ0v) is 16.8. The molecule has 0 N–H and O–H groups in total. The maximum Gasteiger partial charge on any atom is 0.338 e. The predicted octanol–water partition coefficient (Wildman–Crippen LogP) is 4.26. The van der Waals surface area contributed by atoms with Crippen molar-refractivity contribution in [2.75, 3.05) is 13.7 Å². The van der Waals surface area contributed by atoms with E-state index in [2.05, 4.69) is 0 Å². The summed E-state index contributed by atoms with van der Waals surface area (Å²) in [6.45, 7) is 4.79. The number of hydrogen-bond donors (Lipinski definition) is 0. The molecule has 1 aromatic heterocycles. The second-order valence-corrected chi connectivity index (χ2v) is 6.51. The van der Waals surface area contributed by atoms with Crippen molar-refractivity contribution in [3.05, 3.63) is 75.1 Å². The van der Waals surface area contributed by atoms with E-state index in [1.54, 1.807) is 25.3 Å². The summed E-state index contributed by atoms with van der Waals surface area (Å²) in [5.41, 5.74) is 2.85. The second-order valence-electron chi connectivity index (χ2n) is 6.51. The maximum absolute atomic E-state index is 12.6. The third-order valence-corrected chi connectivity index (χ3v) is 4.64. The van der Waals surface area contributed by atoms with Crippen LogP contribution in [-0.4, -0.2) is 19.7 Å². The fourth-order valence-corrected chi connectivity index (χ4v) is 3.07. The van der Waals surface area contributed by atoms with Gasteiger partial charge in [-0.2, -0.15) is 0 Å². The lowest BCUT2D eigenvalue weighted by Gasteiger charge is -2.11. The van der Waals surface area contributed by atoms with Crippen LogP contribution in [0.3, 0.4) is 0 Å². The Bertz CT molecular complexity index is 1070. The molecule has 0 aliphatic rings. The molecule has 0 atom stereocenters. The third-order valence-electron chi connectivity index (χ3n) is 4.64. The molecule has 0 aliphatic carbocycles. The topological polar surface area (TPSA) is 75.0 Å². The summed E-state index contributed by atoms with van der Waals surface area (Å²) in [5, 5.41) is 0.751. The molecule has 152 valence electrons. The lowest BCUT2D eigenvalue weighted by Crippen LogP contribution is -2.09. The summed E-state index contributed by atoms with van der Waals surface area (Å²) >= 11 is 0. The number of esters is 1. The Morgan fingerprint density at radius 1 is 1.00 bits per heavy atom. The number of benzene rings is 2. The van der Waals surface area contributed by atoms with Gasteiger partial charge in [-0.05, 0) is 43.2 Å². The van der Waals surface area contributed by atoms with Crippen molar-refractivity contribution in [3.63, 3.8) is 0 Å². The van der Waals surface area contributed by atoms with Gasteiger partial charge in [-0.15, -0.1) is 0 Å². The van der Waals surface area contributed by atoms with E-state index in [0.717, 1.165) is 22.9 Å². The molecule has 0 spiro atoms. The first kappa shape index (κ1) is 20.6. The maximum atomic E-state index is 12.6. The Hall–Kier alpha value is -3.12. The van der Waals surface area contributed by atoms with Crippen LogP contribution in [0.2, 0.25) is 0 Å². The Morgan fingerprint density at radius 2 is 1.83 bits per heavy atom. The zero-order chi connectivity index (χ0) is 20.8. The zero-order valence-electron chi connectivity index (χ0n) is 16.8. The van der Waals surface area contributed by atoms with Crippen LogP contribution in [0.25, 0.3) is 11.0 Å². The van der Waals surface area contributed by atoms with Gasteiger partial charge < -0.3 is 18.6 Å². The summed E-state index contributed by atoms with van der Waals surface area (Å²) < 4.78 is 21.5. The SMILES string of the molecule is CCOCc1cc(C(=O)OCc2cc(=O)oc3cc(CC)ccc23)ccc1OC. The van der Waals surface area contributed by atoms with Crippen LogP contribution >= 0.6 is 0 Å². The van der Waals surface area contributed by atoms with Gasteiger partial charge in [0.15, 0.2) is 0 Å². The molecule has 3 aromatic rings. The number of rotatable bonds is 8. The van der Waals surface area contributed by atoms with E-state index in [9.17, 15) is 9.59 Å². The molecule has 6 heteroatoms. The molecule has 0 saturated heterocycles. The molecular formula is C23H24O6. The normalized spacial score (nSPS) is 10.9. The molecule has 0 radical (unpaired) electrons. The Labute approximate surface area is 169 Å². The van der Waals surface area contributed by atoms with Gasteiger partial charge >= 0.3 is 11.6 Å². The number of aryl methyl sites for hydroxylation is 1. The first-order chi connectivity index (χ1) is 14.0. The highest BCUT2D eigenvalue weighted by Crippen LogP contribution is 2.23. The van der Waals surface area contributed by atoms with Crippen LogP contribution in [0, 0.1) is 0 Å². The van der Waals surface area contributed by atoms with Crippen molar-refractivity contribution in [1.82, 2.24) is 0 Å². The molecule has 0 aliphatic heterocycles. The quantitative estimate of drug-likeness (QED) is 0.418. The standard InChI is InChI=1S/C23H24O6/c1-4-15-6-8-19-17(12-22(24)29-21(19)10-15)14-28-23(25)16-7-9-20(26-3)18(11-16)13-27-5-2/h6-12H,4-5,13-14H2,1-3H3. The van der Waals surface area contributed by atoms with E-state index < -0.39 is 11.6 Å². The summed E-state index contributed by atoms with van der Waals surface area (Å²) in [6.07, 6.45) is 0.834. The molecule has 29 heavy (non-hydrogen) atoms. The molecule has 0 fully saturated rings. The number of methoxy groups -OCH3 is 1. The number of hydrogen-bond acceptors (Lipinski definition) is 6.